The third-order valence-corrected chi connectivity index (χ3v) is 4.92. The van der Waals surface area contributed by atoms with Gasteiger partial charge in [0.1, 0.15) is 5.75 Å². The standard InChI is InChI=1S/C23H24N4O2/c28-23(17-11-13-20(14-12-17)29-19-9-5-2-6-10-19)25-22-16-15-21(26-27-22)24-18-7-3-1-4-8-18/h1,3-4,7-8,11-16,19H,2,5-6,9-10H2,(H,24,26)(H,25,27,28). The molecule has 1 fully saturated rings. The summed E-state index contributed by atoms with van der Waals surface area (Å²) in [4.78, 5) is 12.5. The van der Waals surface area contributed by atoms with Crippen molar-refractivity contribution in [1.82, 2.24) is 10.2 Å². The molecule has 1 aromatic heterocycles. The van der Waals surface area contributed by atoms with Crippen molar-refractivity contribution in [2.75, 3.05) is 10.6 Å². The average molecular weight is 388 g/mol. The molecule has 2 aromatic carbocycles. The zero-order valence-electron chi connectivity index (χ0n) is 16.2. The molecule has 1 saturated carbocycles. The largest absolute Gasteiger partial charge is 0.490 e. The highest BCUT2D eigenvalue weighted by Gasteiger charge is 2.15. The summed E-state index contributed by atoms with van der Waals surface area (Å²) in [7, 11) is 0. The number of aromatic nitrogens is 2. The van der Waals surface area contributed by atoms with Gasteiger partial charge < -0.3 is 15.4 Å². The fraction of sp³-hybridized carbons (Fsp3) is 0.261. The molecule has 0 atom stereocenters. The molecule has 2 N–H and O–H groups in total. The molecule has 1 amide bonds. The molecule has 4 rings (SSSR count). The number of hydrogen-bond donors (Lipinski definition) is 2. The summed E-state index contributed by atoms with van der Waals surface area (Å²) in [6, 6.07) is 20.4. The Hall–Kier alpha value is -3.41. The molecular formula is C23H24N4O2. The van der Waals surface area contributed by atoms with E-state index < -0.39 is 0 Å². The first-order valence-electron chi connectivity index (χ1n) is 10.0. The highest BCUT2D eigenvalue weighted by atomic mass is 16.5. The third-order valence-electron chi connectivity index (χ3n) is 4.92. The van der Waals surface area contributed by atoms with Gasteiger partial charge >= 0.3 is 0 Å². The van der Waals surface area contributed by atoms with Gasteiger partial charge in [0.2, 0.25) is 0 Å². The van der Waals surface area contributed by atoms with Crippen LogP contribution in [0.2, 0.25) is 0 Å². The van der Waals surface area contributed by atoms with Gasteiger partial charge in [-0.3, -0.25) is 4.79 Å². The Morgan fingerprint density at radius 2 is 1.52 bits per heavy atom. The first kappa shape index (κ1) is 18.9. The van der Waals surface area contributed by atoms with E-state index in [1.165, 1.54) is 19.3 Å². The Bertz CT molecular complexity index is 921. The molecule has 1 aliphatic carbocycles. The molecule has 29 heavy (non-hydrogen) atoms. The summed E-state index contributed by atoms with van der Waals surface area (Å²) in [5.41, 5.74) is 1.48. The van der Waals surface area contributed by atoms with Gasteiger partial charge in [-0.2, -0.15) is 0 Å². The van der Waals surface area contributed by atoms with E-state index in [9.17, 15) is 4.79 Å². The van der Waals surface area contributed by atoms with E-state index in [-0.39, 0.29) is 5.91 Å². The minimum atomic E-state index is -0.229. The molecule has 0 aliphatic heterocycles. The van der Waals surface area contributed by atoms with Gasteiger partial charge in [-0.1, -0.05) is 24.6 Å². The summed E-state index contributed by atoms with van der Waals surface area (Å²) in [5, 5.41) is 14.1. The number of hydrogen-bond acceptors (Lipinski definition) is 5. The smallest absolute Gasteiger partial charge is 0.256 e. The van der Waals surface area contributed by atoms with Crippen LogP contribution in [0.15, 0.2) is 66.7 Å². The lowest BCUT2D eigenvalue weighted by Gasteiger charge is -2.23. The maximum Gasteiger partial charge on any atom is 0.256 e. The first-order chi connectivity index (χ1) is 14.3. The van der Waals surface area contributed by atoms with Crippen molar-refractivity contribution in [3.8, 4) is 5.75 Å². The zero-order valence-corrected chi connectivity index (χ0v) is 16.2. The van der Waals surface area contributed by atoms with E-state index in [1.807, 2.05) is 42.5 Å². The molecule has 1 aliphatic rings. The molecule has 0 spiro atoms. The van der Waals surface area contributed by atoms with Crippen LogP contribution in [0.5, 0.6) is 5.75 Å². The molecule has 0 radical (unpaired) electrons. The molecule has 0 saturated heterocycles. The van der Waals surface area contributed by atoms with Crippen LogP contribution in [0, 0.1) is 0 Å². The minimum Gasteiger partial charge on any atom is -0.490 e. The highest BCUT2D eigenvalue weighted by Crippen LogP contribution is 2.23. The summed E-state index contributed by atoms with van der Waals surface area (Å²) in [6.07, 6.45) is 6.26. The maximum atomic E-state index is 12.5. The predicted molar refractivity (Wildman–Crippen MR) is 114 cm³/mol. The number of carbonyl (C=O) groups is 1. The minimum absolute atomic E-state index is 0.229. The second-order valence-electron chi connectivity index (χ2n) is 7.15. The normalized spacial score (nSPS) is 14.2. The van der Waals surface area contributed by atoms with E-state index in [0.29, 0.717) is 23.3 Å². The van der Waals surface area contributed by atoms with Crippen LogP contribution in [-0.4, -0.2) is 22.2 Å². The summed E-state index contributed by atoms with van der Waals surface area (Å²) >= 11 is 0. The van der Waals surface area contributed by atoms with Gasteiger partial charge in [0, 0.05) is 11.3 Å². The van der Waals surface area contributed by atoms with Crippen molar-refractivity contribution >= 4 is 23.2 Å². The lowest BCUT2D eigenvalue weighted by atomic mass is 9.98. The maximum absolute atomic E-state index is 12.5. The molecule has 1 heterocycles. The van der Waals surface area contributed by atoms with Crippen LogP contribution in [0.1, 0.15) is 42.5 Å². The second-order valence-corrected chi connectivity index (χ2v) is 7.15. The Morgan fingerprint density at radius 1 is 0.828 bits per heavy atom. The van der Waals surface area contributed by atoms with E-state index in [4.69, 9.17) is 4.74 Å². The van der Waals surface area contributed by atoms with E-state index >= 15 is 0 Å². The molecular weight excluding hydrogens is 364 g/mol. The monoisotopic (exact) mass is 388 g/mol. The lowest BCUT2D eigenvalue weighted by Crippen LogP contribution is -2.19. The Morgan fingerprint density at radius 3 is 2.21 bits per heavy atom. The molecule has 148 valence electrons. The van der Waals surface area contributed by atoms with Crippen LogP contribution in [0.25, 0.3) is 0 Å². The van der Waals surface area contributed by atoms with Crippen molar-refractivity contribution in [3.05, 3.63) is 72.3 Å². The number of rotatable bonds is 6. The lowest BCUT2D eigenvalue weighted by molar-refractivity contribution is 0.102. The van der Waals surface area contributed by atoms with Gasteiger partial charge in [0.05, 0.1) is 6.10 Å². The van der Waals surface area contributed by atoms with Crippen molar-refractivity contribution in [2.45, 2.75) is 38.2 Å². The van der Waals surface area contributed by atoms with Crippen LogP contribution < -0.4 is 15.4 Å². The van der Waals surface area contributed by atoms with Crippen molar-refractivity contribution < 1.29 is 9.53 Å². The highest BCUT2D eigenvalue weighted by molar-refractivity contribution is 6.03. The first-order valence-corrected chi connectivity index (χ1v) is 10.0. The van der Waals surface area contributed by atoms with E-state index in [1.54, 1.807) is 24.3 Å². The number of carbonyl (C=O) groups excluding carboxylic acids is 1. The number of para-hydroxylation sites is 1. The number of anilines is 3. The Balaban J connectivity index is 1.32. The van der Waals surface area contributed by atoms with Crippen LogP contribution in [0.4, 0.5) is 17.3 Å². The number of amides is 1. The van der Waals surface area contributed by atoms with Crippen molar-refractivity contribution in [2.24, 2.45) is 0 Å². The fourth-order valence-electron chi connectivity index (χ4n) is 3.38. The quantitative estimate of drug-likeness (QED) is 0.608. The zero-order chi connectivity index (χ0) is 19.9. The fourth-order valence-corrected chi connectivity index (χ4v) is 3.38. The van der Waals surface area contributed by atoms with Gasteiger partial charge in [-0.15, -0.1) is 10.2 Å². The van der Waals surface area contributed by atoms with Gasteiger partial charge in [-0.25, -0.2) is 0 Å². The van der Waals surface area contributed by atoms with Crippen LogP contribution in [0.3, 0.4) is 0 Å². The topological polar surface area (TPSA) is 76.1 Å². The number of nitrogens with one attached hydrogen (secondary N) is 2. The van der Waals surface area contributed by atoms with Gasteiger partial charge in [0.15, 0.2) is 11.6 Å². The van der Waals surface area contributed by atoms with Gasteiger partial charge in [-0.05, 0) is 74.2 Å². The van der Waals surface area contributed by atoms with E-state index in [0.717, 1.165) is 24.3 Å². The van der Waals surface area contributed by atoms with E-state index in [2.05, 4.69) is 20.8 Å². The average Bonchev–Trinajstić information content (AvgIpc) is 2.77. The molecule has 3 aromatic rings. The Labute approximate surface area is 170 Å². The molecule has 6 heteroatoms. The summed E-state index contributed by atoms with van der Waals surface area (Å²) in [5.74, 6) is 1.59. The Kier molecular flexibility index (Phi) is 6.00. The number of benzene rings is 2. The van der Waals surface area contributed by atoms with Gasteiger partial charge in [0.25, 0.3) is 5.91 Å². The summed E-state index contributed by atoms with van der Waals surface area (Å²) < 4.78 is 6.01. The second kappa shape index (κ2) is 9.19. The SMILES string of the molecule is O=C(Nc1ccc(Nc2ccccc2)nn1)c1ccc(OC2CCCCC2)cc1. The molecule has 0 bridgehead atoms. The van der Waals surface area contributed by atoms with Crippen molar-refractivity contribution in [3.63, 3.8) is 0 Å². The molecule has 6 nitrogen and oxygen atoms in total. The van der Waals surface area contributed by atoms with Crippen molar-refractivity contribution in [1.29, 1.82) is 0 Å². The van der Waals surface area contributed by atoms with Crippen LogP contribution in [-0.2, 0) is 0 Å². The number of nitrogens with zero attached hydrogens (tertiary/aromatic N) is 2. The van der Waals surface area contributed by atoms with Crippen LogP contribution >= 0.6 is 0 Å². The third kappa shape index (κ3) is 5.31. The number of ether oxygens (including phenoxy) is 1. The summed E-state index contributed by atoms with van der Waals surface area (Å²) in [6.45, 7) is 0. The molecule has 0 unspecified atom stereocenters. The predicted octanol–water partition coefficient (Wildman–Crippen LogP) is 5.18.